The fourth-order valence-electron chi connectivity index (χ4n) is 2.14. The van der Waals surface area contributed by atoms with Crippen LogP contribution in [0.15, 0.2) is 48.4 Å². The van der Waals surface area contributed by atoms with E-state index in [-0.39, 0.29) is 17.6 Å². The van der Waals surface area contributed by atoms with Gasteiger partial charge in [-0.25, -0.2) is 4.98 Å². The number of carbonyl (C=O) groups excluding carboxylic acids is 1. The Hall–Kier alpha value is -3.75. The van der Waals surface area contributed by atoms with E-state index in [0.717, 1.165) is 0 Å². The van der Waals surface area contributed by atoms with Gasteiger partial charge in [0.2, 0.25) is 6.41 Å². The number of anilines is 2. The molecule has 0 radical (unpaired) electrons. The third-order valence-electron chi connectivity index (χ3n) is 3.50. The minimum atomic E-state index is 0.140. The minimum absolute atomic E-state index is 0.140. The van der Waals surface area contributed by atoms with Gasteiger partial charge in [0.1, 0.15) is 5.82 Å². The van der Waals surface area contributed by atoms with E-state index in [1.165, 1.54) is 26.5 Å². The van der Waals surface area contributed by atoms with Crippen molar-refractivity contribution in [3.63, 3.8) is 0 Å². The first-order chi connectivity index (χ1) is 12.5. The second-order valence-corrected chi connectivity index (χ2v) is 5.08. The maximum atomic E-state index is 10.5. The standard InChI is InChI=1S/C17H20N6O3/c1-25-15(18)6-12(17(20)26-2)10-5-13(16(19)22-7-10)14-4-3-11(8-21-14)23-9-24/h3-9H,18,20H2,1-2H3,(H2,19,22)(H,23,24)/b15-6+,17-12-. The van der Waals surface area contributed by atoms with E-state index in [1.807, 2.05) is 0 Å². The summed E-state index contributed by atoms with van der Waals surface area (Å²) in [6, 6.07) is 5.18. The molecule has 9 nitrogen and oxygen atoms in total. The van der Waals surface area contributed by atoms with Crippen molar-refractivity contribution in [3.05, 3.63) is 54.0 Å². The molecule has 1 amide bonds. The zero-order valence-corrected chi connectivity index (χ0v) is 14.4. The number of amides is 1. The summed E-state index contributed by atoms with van der Waals surface area (Å²) in [5.74, 6) is 0.582. The summed E-state index contributed by atoms with van der Waals surface area (Å²) in [6.45, 7) is 0. The molecular weight excluding hydrogens is 336 g/mol. The molecule has 0 spiro atoms. The van der Waals surface area contributed by atoms with Gasteiger partial charge in [-0.05, 0) is 18.2 Å². The molecule has 9 heteroatoms. The number of pyridine rings is 2. The van der Waals surface area contributed by atoms with Gasteiger partial charge in [0, 0.05) is 29.0 Å². The fraction of sp³-hybridized carbons (Fsp3) is 0.118. The summed E-state index contributed by atoms with van der Waals surface area (Å²) in [5.41, 5.74) is 20.5. The lowest BCUT2D eigenvalue weighted by atomic mass is 10.0. The summed E-state index contributed by atoms with van der Waals surface area (Å²) in [7, 11) is 2.88. The molecule has 0 atom stereocenters. The van der Waals surface area contributed by atoms with Crippen LogP contribution in [0.25, 0.3) is 16.8 Å². The molecule has 0 unspecified atom stereocenters. The Bertz CT molecular complexity index is 846. The Balaban J connectivity index is 2.53. The zero-order valence-electron chi connectivity index (χ0n) is 14.4. The van der Waals surface area contributed by atoms with Crippen molar-refractivity contribution >= 4 is 23.5 Å². The molecule has 7 N–H and O–H groups in total. The van der Waals surface area contributed by atoms with E-state index >= 15 is 0 Å². The van der Waals surface area contributed by atoms with Crippen LogP contribution in [0, 0.1) is 0 Å². The Morgan fingerprint density at radius 1 is 1.15 bits per heavy atom. The first kappa shape index (κ1) is 18.6. The van der Waals surface area contributed by atoms with Crippen molar-refractivity contribution in [2.45, 2.75) is 0 Å². The summed E-state index contributed by atoms with van der Waals surface area (Å²) >= 11 is 0. The highest BCUT2D eigenvalue weighted by Gasteiger charge is 2.12. The number of rotatable bonds is 7. The maximum Gasteiger partial charge on any atom is 0.211 e. The molecular formula is C17H20N6O3. The average molecular weight is 356 g/mol. The maximum absolute atomic E-state index is 10.5. The number of nitrogen functional groups attached to an aromatic ring is 1. The SMILES string of the molecule is CO/C(N)=C(/C=C(\N)OC)c1cnc(N)c(-c2ccc(NC=O)cn2)c1. The van der Waals surface area contributed by atoms with Crippen LogP contribution in [-0.2, 0) is 14.3 Å². The molecule has 0 aliphatic rings. The van der Waals surface area contributed by atoms with Crippen molar-refractivity contribution < 1.29 is 14.3 Å². The third kappa shape index (κ3) is 4.20. The molecule has 0 fully saturated rings. The number of allylic oxidation sites excluding steroid dienone is 2. The molecule has 0 aromatic carbocycles. The summed E-state index contributed by atoms with van der Waals surface area (Å²) in [6.07, 6.45) is 5.16. The van der Waals surface area contributed by atoms with Gasteiger partial charge < -0.3 is 32.0 Å². The number of nitrogens with zero attached hydrogens (tertiary/aromatic N) is 2. The van der Waals surface area contributed by atoms with Gasteiger partial charge in [-0.15, -0.1) is 0 Å². The van der Waals surface area contributed by atoms with Crippen LogP contribution in [0.3, 0.4) is 0 Å². The first-order valence-electron chi connectivity index (χ1n) is 7.47. The number of ether oxygens (including phenoxy) is 2. The zero-order chi connectivity index (χ0) is 19.1. The lowest BCUT2D eigenvalue weighted by Gasteiger charge is -2.11. The highest BCUT2D eigenvalue weighted by molar-refractivity contribution is 5.81. The Morgan fingerprint density at radius 3 is 2.50 bits per heavy atom. The van der Waals surface area contributed by atoms with Crippen molar-refractivity contribution in [1.82, 2.24) is 9.97 Å². The van der Waals surface area contributed by atoms with Gasteiger partial charge >= 0.3 is 0 Å². The lowest BCUT2D eigenvalue weighted by molar-refractivity contribution is -0.105. The monoisotopic (exact) mass is 356 g/mol. The molecule has 0 saturated carbocycles. The van der Waals surface area contributed by atoms with Crippen LogP contribution in [0.2, 0.25) is 0 Å². The number of hydrogen-bond donors (Lipinski definition) is 4. The van der Waals surface area contributed by atoms with Crippen LogP contribution in [-0.4, -0.2) is 30.6 Å². The lowest BCUT2D eigenvalue weighted by Crippen LogP contribution is -2.07. The predicted octanol–water partition coefficient (Wildman–Crippen LogP) is 1.01. The predicted molar refractivity (Wildman–Crippen MR) is 99.0 cm³/mol. The Morgan fingerprint density at radius 2 is 1.92 bits per heavy atom. The third-order valence-corrected chi connectivity index (χ3v) is 3.50. The molecule has 26 heavy (non-hydrogen) atoms. The van der Waals surface area contributed by atoms with Crippen LogP contribution in [0.5, 0.6) is 0 Å². The summed E-state index contributed by atoms with van der Waals surface area (Å²) in [4.78, 5) is 19.0. The van der Waals surface area contributed by atoms with E-state index in [2.05, 4.69) is 15.3 Å². The Labute approximate surface area is 150 Å². The normalized spacial score (nSPS) is 12.2. The number of carbonyl (C=O) groups is 1. The van der Waals surface area contributed by atoms with Gasteiger partial charge in [0.05, 0.1) is 31.8 Å². The summed E-state index contributed by atoms with van der Waals surface area (Å²) in [5, 5.41) is 2.51. The van der Waals surface area contributed by atoms with E-state index < -0.39 is 0 Å². The first-order valence-corrected chi connectivity index (χ1v) is 7.47. The van der Waals surface area contributed by atoms with Crippen molar-refractivity contribution in [2.24, 2.45) is 11.5 Å². The highest BCUT2D eigenvalue weighted by Crippen LogP contribution is 2.28. The minimum Gasteiger partial charge on any atom is -0.483 e. The van der Waals surface area contributed by atoms with Crippen molar-refractivity contribution in [2.75, 3.05) is 25.3 Å². The van der Waals surface area contributed by atoms with E-state index in [1.54, 1.807) is 24.4 Å². The van der Waals surface area contributed by atoms with Gasteiger partial charge in [-0.1, -0.05) is 0 Å². The fourth-order valence-corrected chi connectivity index (χ4v) is 2.14. The molecule has 0 aliphatic heterocycles. The number of nitrogens with one attached hydrogen (secondary N) is 1. The van der Waals surface area contributed by atoms with E-state index in [4.69, 9.17) is 26.7 Å². The van der Waals surface area contributed by atoms with Crippen molar-refractivity contribution in [1.29, 1.82) is 0 Å². The van der Waals surface area contributed by atoms with Gasteiger partial charge in [0.15, 0.2) is 11.8 Å². The number of nitrogens with two attached hydrogens (primary N) is 3. The van der Waals surface area contributed by atoms with Crippen LogP contribution in [0.1, 0.15) is 5.56 Å². The molecule has 2 rings (SSSR count). The second kappa shape index (κ2) is 8.38. The molecule has 136 valence electrons. The topological polar surface area (TPSA) is 151 Å². The number of hydrogen-bond acceptors (Lipinski definition) is 8. The molecule has 2 aromatic rings. The van der Waals surface area contributed by atoms with E-state index in [9.17, 15) is 4.79 Å². The summed E-state index contributed by atoms with van der Waals surface area (Å²) < 4.78 is 10.1. The molecule has 2 aromatic heterocycles. The number of aromatic nitrogens is 2. The van der Waals surface area contributed by atoms with Gasteiger partial charge in [-0.2, -0.15) is 0 Å². The highest BCUT2D eigenvalue weighted by atomic mass is 16.5. The van der Waals surface area contributed by atoms with Crippen LogP contribution in [0.4, 0.5) is 11.5 Å². The molecule has 0 bridgehead atoms. The smallest absolute Gasteiger partial charge is 0.211 e. The number of methoxy groups -OCH3 is 2. The van der Waals surface area contributed by atoms with Crippen LogP contribution >= 0.6 is 0 Å². The Kier molecular flexibility index (Phi) is 5.99. The average Bonchev–Trinajstić information content (AvgIpc) is 2.67. The second-order valence-electron chi connectivity index (χ2n) is 5.08. The largest absolute Gasteiger partial charge is 0.483 e. The molecule has 2 heterocycles. The molecule has 0 aliphatic carbocycles. The van der Waals surface area contributed by atoms with Gasteiger partial charge in [0.25, 0.3) is 0 Å². The quantitative estimate of drug-likeness (QED) is 0.326. The van der Waals surface area contributed by atoms with E-state index in [0.29, 0.717) is 34.5 Å². The van der Waals surface area contributed by atoms with Gasteiger partial charge in [-0.3, -0.25) is 9.78 Å². The van der Waals surface area contributed by atoms with Crippen molar-refractivity contribution in [3.8, 4) is 11.3 Å². The van der Waals surface area contributed by atoms with Crippen LogP contribution < -0.4 is 22.5 Å². The molecule has 0 saturated heterocycles.